The first-order valence-electron chi connectivity index (χ1n) is 13.9. The largest absolute Gasteiger partial charge is 0.494 e. The lowest BCUT2D eigenvalue weighted by molar-refractivity contribution is -0.145. The summed E-state index contributed by atoms with van der Waals surface area (Å²) >= 11 is 0. The number of aliphatic imine (C=N–C) groups is 1. The summed E-state index contributed by atoms with van der Waals surface area (Å²) in [5.74, 6) is 0.444. The summed E-state index contributed by atoms with van der Waals surface area (Å²) in [4.78, 5) is 43.4. The summed E-state index contributed by atoms with van der Waals surface area (Å²) in [5, 5.41) is 7.41. The summed E-state index contributed by atoms with van der Waals surface area (Å²) in [6.07, 6.45) is 4.41. The van der Waals surface area contributed by atoms with E-state index < -0.39 is 12.0 Å². The fourth-order valence-electron chi connectivity index (χ4n) is 4.48. The molecule has 11 heteroatoms. The predicted molar refractivity (Wildman–Crippen MR) is 151 cm³/mol. The second-order valence-electron chi connectivity index (χ2n) is 9.75. The molecule has 4 rings (SSSR count). The summed E-state index contributed by atoms with van der Waals surface area (Å²) in [6, 6.07) is 14.6. The summed E-state index contributed by atoms with van der Waals surface area (Å²) in [6.45, 7) is 4.91. The number of ether oxygens (including phenoxy) is 2. The van der Waals surface area contributed by atoms with E-state index in [1.165, 1.54) is 6.42 Å². The lowest BCUT2D eigenvalue weighted by atomic mass is 10.1. The molecule has 0 spiro atoms. The third-order valence-electron chi connectivity index (χ3n) is 6.52. The standard InChI is InChI=1S/C29H38N6O5/c1-2-30-29(38)32-28-31-25-18-24(39-17-9-12-26(36)33-35-15-7-4-8-16-35)14-13-23(25)19-34(28)20-27(37)40-21-22-10-5-3-6-11-22/h3,5-6,10-11,13-14,18H,2,4,7-9,12,15-17,19-21H2,1H3,(H,33,36)(H2,30,31,32,38). The Morgan fingerprint density at radius 1 is 1.02 bits per heavy atom. The van der Waals surface area contributed by atoms with Crippen LogP contribution in [0.15, 0.2) is 53.5 Å². The predicted octanol–water partition coefficient (Wildman–Crippen LogP) is 3.23. The van der Waals surface area contributed by atoms with Gasteiger partial charge >= 0.3 is 12.0 Å². The number of guanidine groups is 1. The van der Waals surface area contributed by atoms with E-state index in [0.29, 0.717) is 44.0 Å². The smallest absolute Gasteiger partial charge is 0.325 e. The molecule has 3 N–H and O–H groups in total. The third-order valence-corrected chi connectivity index (χ3v) is 6.52. The van der Waals surface area contributed by atoms with Gasteiger partial charge in [0.25, 0.3) is 0 Å². The van der Waals surface area contributed by atoms with Crippen LogP contribution in [-0.2, 0) is 27.5 Å². The number of amides is 3. The summed E-state index contributed by atoms with van der Waals surface area (Å²) < 4.78 is 11.3. The number of benzene rings is 2. The van der Waals surface area contributed by atoms with Gasteiger partial charge in [-0.25, -0.2) is 14.8 Å². The van der Waals surface area contributed by atoms with Gasteiger partial charge in [0.15, 0.2) is 0 Å². The molecule has 0 bridgehead atoms. The number of esters is 1. The van der Waals surface area contributed by atoms with E-state index >= 15 is 0 Å². The Morgan fingerprint density at radius 2 is 1.82 bits per heavy atom. The number of nitrogens with one attached hydrogen (secondary N) is 3. The summed E-state index contributed by atoms with van der Waals surface area (Å²) in [5.41, 5.74) is 5.38. The zero-order chi connectivity index (χ0) is 28.2. The quantitative estimate of drug-likeness (QED) is 0.290. The van der Waals surface area contributed by atoms with Gasteiger partial charge in [-0.2, -0.15) is 0 Å². The van der Waals surface area contributed by atoms with Gasteiger partial charge in [-0.15, -0.1) is 0 Å². The molecule has 0 saturated carbocycles. The molecule has 2 aromatic carbocycles. The minimum absolute atomic E-state index is 0.00370. The molecule has 0 aromatic heterocycles. The SMILES string of the molecule is CCNC(=O)NC1=Nc2cc(OCCCC(=O)NN3CCCCC3)ccc2CN1CC(=O)OCc1ccccc1. The highest BCUT2D eigenvalue weighted by Gasteiger charge is 2.24. The van der Waals surface area contributed by atoms with Crippen molar-refractivity contribution >= 4 is 29.6 Å². The van der Waals surface area contributed by atoms with Gasteiger partial charge in [0.05, 0.1) is 12.3 Å². The molecular weight excluding hydrogens is 512 g/mol. The van der Waals surface area contributed by atoms with Crippen LogP contribution in [0.5, 0.6) is 5.75 Å². The Balaban J connectivity index is 1.32. The number of hydrazine groups is 1. The summed E-state index contributed by atoms with van der Waals surface area (Å²) in [7, 11) is 0. The number of hydrogen-bond donors (Lipinski definition) is 3. The van der Waals surface area contributed by atoms with Crippen LogP contribution < -0.4 is 20.8 Å². The lowest BCUT2D eigenvalue weighted by Crippen LogP contribution is -2.50. The van der Waals surface area contributed by atoms with E-state index in [1.807, 2.05) is 54.4 Å². The van der Waals surface area contributed by atoms with E-state index in [9.17, 15) is 14.4 Å². The van der Waals surface area contributed by atoms with Crippen LogP contribution in [-0.4, -0.2) is 66.6 Å². The number of nitrogens with zero attached hydrogens (tertiary/aromatic N) is 3. The number of carbonyl (C=O) groups is 3. The number of fused-ring (bicyclic) bond motifs is 1. The monoisotopic (exact) mass is 550 g/mol. The van der Waals surface area contributed by atoms with Crippen molar-refractivity contribution in [3.8, 4) is 5.75 Å². The van der Waals surface area contributed by atoms with Crippen molar-refractivity contribution < 1.29 is 23.9 Å². The topological polar surface area (TPSA) is 125 Å². The first kappa shape index (κ1) is 28.9. The molecule has 40 heavy (non-hydrogen) atoms. The molecule has 0 atom stereocenters. The van der Waals surface area contributed by atoms with Crippen LogP contribution in [0.25, 0.3) is 0 Å². The number of hydrogen-bond acceptors (Lipinski definition) is 8. The normalized spacial score (nSPS) is 14.9. The lowest BCUT2D eigenvalue weighted by Gasteiger charge is -2.29. The van der Waals surface area contributed by atoms with Crippen LogP contribution in [0.4, 0.5) is 10.5 Å². The first-order chi connectivity index (χ1) is 19.5. The molecule has 1 fully saturated rings. The molecule has 2 heterocycles. The van der Waals surface area contributed by atoms with Crippen molar-refractivity contribution in [2.75, 3.05) is 32.8 Å². The minimum Gasteiger partial charge on any atom is -0.494 e. The highest BCUT2D eigenvalue weighted by molar-refractivity contribution is 5.99. The van der Waals surface area contributed by atoms with E-state index in [1.54, 1.807) is 11.0 Å². The minimum atomic E-state index is -0.429. The molecule has 2 aromatic rings. The number of rotatable bonds is 11. The zero-order valence-electron chi connectivity index (χ0n) is 23.0. The molecule has 0 radical (unpaired) electrons. The van der Waals surface area contributed by atoms with Gasteiger partial charge in [0.2, 0.25) is 11.9 Å². The average molecular weight is 551 g/mol. The maximum atomic E-state index is 12.6. The molecule has 11 nitrogen and oxygen atoms in total. The number of urea groups is 1. The Hall–Kier alpha value is -4.12. The van der Waals surface area contributed by atoms with Crippen molar-refractivity contribution in [1.82, 2.24) is 26.0 Å². The van der Waals surface area contributed by atoms with Crippen molar-refractivity contribution in [2.45, 2.75) is 52.2 Å². The second kappa shape index (κ2) is 14.9. The van der Waals surface area contributed by atoms with Gasteiger partial charge in [0, 0.05) is 38.7 Å². The van der Waals surface area contributed by atoms with Crippen LogP contribution in [0.2, 0.25) is 0 Å². The van der Waals surface area contributed by atoms with Crippen LogP contribution in [0, 0.1) is 0 Å². The Kier molecular flexibility index (Phi) is 10.7. The molecule has 2 aliphatic heterocycles. The number of carbonyl (C=O) groups excluding carboxylic acids is 3. The van der Waals surface area contributed by atoms with Crippen LogP contribution in [0.3, 0.4) is 0 Å². The Bertz CT molecular complexity index is 1180. The average Bonchev–Trinajstić information content (AvgIpc) is 2.96. The van der Waals surface area contributed by atoms with E-state index in [0.717, 1.165) is 37.1 Å². The number of piperidine rings is 1. The highest BCUT2D eigenvalue weighted by Crippen LogP contribution is 2.30. The maximum Gasteiger partial charge on any atom is 0.325 e. The molecular formula is C29H38N6O5. The third kappa shape index (κ3) is 8.98. The fraction of sp³-hybridized carbons (Fsp3) is 0.448. The van der Waals surface area contributed by atoms with Crippen LogP contribution >= 0.6 is 0 Å². The van der Waals surface area contributed by atoms with E-state index in [-0.39, 0.29) is 25.0 Å². The van der Waals surface area contributed by atoms with Crippen molar-refractivity contribution in [3.63, 3.8) is 0 Å². The van der Waals surface area contributed by atoms with Gasteiger partial charge in [-0.1, -0.05) is 42.8 Å². The van der Waals surface area contributed by atoms with E-state index in [4.69, 9.17) is 9.47 Å². The maximum absolute atomic E-state index is 12.6. The Labute approximate surface area is 234 Å². The molecule has 3 amide bonds. The molecule has 0 aliphatic carbocycles. The van der Waals surface area contributed by atoms with Gasteiger partial charge < -0.3 is 19.7 Å². The molecule has 214 valence electrons. The first-order valence-corrected chi connectivity index (χ1v) is 13.9. The fourth-order valence-corrected chi connectivity index (χ4v) is 4.48. The van der Waals surface area contributed by atoms with Gasteiger partial charge in [-0.05, 0) is 43.4 Å². The van der Waals surface area contributed by atoms with Crippen molar-refractivity contribution in [2.24, 2.45) is 4.99 Å². The van der Waals surface area contributed by atoms with Crippen LogP contribution in [0.1, 0.15) is 50.2 Å². The van der Waals surface area contributed by atoms with Gasteiger partial charge in [0.1, 0.15) is 18.9 Å². The van der Waals surface area contributed by atoms with Crippen molar-refractivity contribution in [1.29, 1.82) is 0 Å². The van der Waals surface area contributed by atoms with Crippen molar-refractivity contribution in [3.05, 3.63) is 59.7 Å². The highest BCUT2D eigenvalue weighted by atomic mass is 16.5. The molecule has 2 aliphatic rings. The molecule has 0 unspecified atom stereocenters. The molecule has 1 saturated heterocycles. The van der Waals surface area contributed by atoms with Gasteiger partial charge in [-0.3, -0.25) is 20.3 Å². The van der Waals surface area contributed by atoms with E-state index in [2.05, 4.69) is 21.1 Å². The zero-order valence-corrected chi connectivity index (χ0v) is 23.0. The second-order valence-corrected chi connectivity index (χ2v) is 9.75. The Morgan fingerprint density at radius 3 is 2.60 bits per heavy atom.